The third-order valence-corrected chi connectivity index (χ3v) is 4.69. The Labute approximate surface area is 136 Å². The number of aliphatic hydroxyl groups excluding tert-OH is 1. The Morgan fingerprint density at radius 2 is 2.35 bits per heavy atom. The zero-order valence-corrected chi connectivity index (χ0v) is 13.6. The SMILES string of the molecule is Cn1cc(C(NC(=O)CCN2CCCCO2)C2CC(O)C2)cn1. The van der Waals surface area contributed by atoms with E-state index in [2.05, 4.69) is 10.4 Å². The number of hydrogen-bond acceptors (Lipinski definition) is 5. The highest BCUT2D eigenvalue weighted by Crippen LogP contribution is 2.37. The van der Waals surface area contributed by atoms with Crippen molar-refractivity contribution in [2.24, 2.45) is 13.0 Å². The summed E-state index contributed by atoms with van der Waals surface area (Å²) in [5, 5.41) is 18.8. The molecule has 0 aromatic carbocycles. The van der Waals surface area contributed by atoms with Gasteiger partial charge in [-0.05, 0) is 31.6 Å². The van der Waals surface area contributed by atoms with Gasteiger partial charge in [0.15, 0.2) is 0 Å². The quantitative estimate of drug-likeness (QED) is 0.808. The first-order chi connectivity index (χ1) is 11.1. The molecule has 2 N–H and O–H groups in total. The van der Waals surface area contributed by atoms with Gasteiger partial charge in [0, 0.05) is 38.3 Å². The van der Waals surface area contributed by atoms with Gasteiger partial charge in [-0.2, -0.15) is 10.2 Å². The third kappa shape index (κ3) is 4.31. The number of carbonyl (C=O) groups is 1. The number of nitrogens with one attached hydrogen (secondary N) is 1. The van der Waals surface area contributed by atoms with Crippen molar-refractivity contribution in [1.29, 1.82) is 0 Å². The van der Waals surface area contributed by atoms with E-state index < -0.39 is 0 Å². The Morgan fingerprint density at radius 3 is 2.96 bits per heavy atom. The van der Waals surface area contributed by atoms with Crippen LogP contribution in [0.2, 0.25) is 0 Å². The fourth-order valence-corrected chi connectivity index (χ4v) is 3.27. The Balaban J connectivity index is 1.53. The minimum atomic E-state index is -0.238. The maximum atomic E-state index is 12.3. The molecular formula is C16H26N4O3. The fraction of sp³-hybridized carbons (Fsp3) is 0.750. The van der Waals surface area contributed by atoms with E-state index in [9.17, 15) is 9.90 Å². The Hall–Kier alpha value is -1.44. The molecule has 1 aliphatic carbocycles. The lowest BCUT2D eigenvalue weighted by Crippen LogP contribution is -2.42. The van der Waals surface area contributed by atoms with Crippen LogP contribution in [0.1, 0.15) is 43.7 Å². The van der Waals surface area contributed by atoms with Crippen molar-refractivity contribution in [1.82, 2.24) is 20.2 Å². The highest BCUT2D eigenvalue weighted by Gasteiger charge is 2.36. The van der Waals surface area contributed by atoms with Gasteiger partial charge < -0.3 is 10.4 Å². The molecule has 1 unspecified atom stereocenters. The molecule has 1 saturated carbocycles. The predicted molar refractivity (Wildman–Crippen MR) is 84.2 cm³/mol. The highest BCUT2D eigenvalue weighted by atomic mass is 16.7. The van der Waals surface area contributed by atoms with E-state index >= 15 is 0 Å². The summed E-state index contributed by atoms with van der Waals surface area (Å²) in [6, 6.07) is -0.0677. The van der Waals surface area contributed by atoms with Gasteiger partial charge in [0.1, 0.15) is 0 Å². The van der Waals surface area contributed by atoms with Gasteiger partial charge in [0.05, 0.1) is 24.9 Å². The van der Waals surface area contributed by atoms with Crippen LogP contribution in [0.5, 0.6) is 0 Å². The van der Waals surface area contributed by atoms with Crippen molar-refractivity contribution in [2.45, 2.75) is 44.2 Å². The van der Waals surface area contributed by atoms with Gasteiger partial charge >= 0.3 is 0 Å². The monoisotopic (exact) mass is 322 g/mol. The number of hydroxylamine groups is 2. The van der Waals surface area contributed by atoms with Crippen molar-refractivity contribution in [2.75, 3.05) is 19.7 Å². The van der Waals surface area contributed by atoms with E-state index in [0.717, 1.165) is 44.4 Å². The normalized spacial score (nSPS) is 26.5. The minimum Gasteiger partial charge on any atom is -0.393 e. The van der Waals surface area contributed by atoms with Crippen LogP contribution in [-0.2, 0) is 16.7 Å². The number of carbonyl (C=O) groups excluding carboxylic acids is 1. The molecular weight excluding hydrogens is 296 g/mol. The summed E-state index contributed by atoms with van der Waals surface area (Å²) in [5.74, 6) is 0.304. The van der Waals surface area contributed by atoms with E-state index in [1.807, 2.05) is 18.3 Å². The van der Waals surface area contributed by atoms with Crippen LogP contribution >= 0.6 is 0 Å². The lowest BCUT2D eigenvalue weighted by atomic mass is 9.75. The molecule has 1 aromatic heterocycles. The van der Waals surface area contributed by atoms with Crippen molar-refractivity contribution < 1.29 is 14.7 Å². The van der Waals surface area contributed by atoms with Crippen LogP contribution < -0.4 is 5.32 Å². The Kier molecular flexibility index (Phi) is 5.30. The molecule has 2 heterocycles. The van der Waals surface area contributed by atoms with E-state index in [1.165, 1.54) is 0 Å². The number of nitrogens with zero attached hydrogens (tertiary/aromatic N) is 3. The Morgan fingerprint density at radius 1 is 1.52 bits per heavy atom. The third-order valence-electron chi connectivity index (χ3n) is 4.69. The maximum absolute atomic E-state index is 12.3. The minimum absolute atomic E-state index is 0.0226. The van der Waals surface area contributed by atoms with Gasteiger partial charge in [-0.1, -0.05) is 0 Å². The first-order valence-electron chi connectivity index (χ1n) is 8.45. The van der Waals surface area contributed by atoms with E-state index in [4.69, 9.17) is 4.84 Å². The van der Waals surface area contributed by atoms with Crippen LogP contribution in [0.25, 0.3) is 0 Å². The molecule has 2 fully saturated rings. The zero-order valence-electron chi connectivity index (χ0n) is 13.6. The van der Waals surface area contributed by atoms with Gasteiger partial charge in [0.25, 0.3) is 0 Å². The molecule has 128 valence electrons. The molecule has 2 aliphatic rings. The second kappa shape index (κ2) is 7.42. The predicted octanol–water partition coefficient (Wildman–Crippen LogP) is 0.766. The van der Waals surface area contributed by atoms with E-state index in [-0.39, 0.29) is 24.0 Å². The molecule has 23 heavy (non-hydrogen) atoms. The van der Waals surface area contributed by atoms with Gasteiger partial charge in [-0.15, -0.1) is 0 Å². The number of aliphatic hydroxyl groups is 1. The fourth-order valence-electron chi connectivity index (χ4n) is 3.27. The molecule has 0 radical (unpaired) electrons. The van der Waals surface area contributed by atoms with E-state index in [0.29, 0.717) is 13.0 Å². The number of amides is 1. The van der Waals surface area contributed by atoms with Gasteiger partial charge in [0.2, 0.25) is 5.91 Å². The smallest absolute Gasteiger partial charge is 0.221 e. The average Bonchev–Trinajstić information content (AvgIpc) is 2.95. The molecule has 1 aliphatic heterocycles. The van der Waals surface area contributed by atoms with Crippen molar-refractivity contribution in [3.8, 4) is 0 Å². The number of hydrogen-bond donors (Lipinski definition) is 2. The summed E-state index contributed by atoms with van der Waals surface area (Å²) < 4.78 is 1.74. The zero-order chi connectivity index (χ0) is 16.2. The highest BCUT2D eigenvalue weighted by molar-refractivity contribution is 5.76. The largest absolute Gasteiger partial charge is 0.393 e. The van der Waals surface area contributed by atoms with Crippen LogP contribution in [0.15, 0.2) is 12.4 Å². The summed E-state index contributed by atoms with van der Waals surface area (Å²) in [7, 11) is 1.87. The standard InChI is InChI=1S/C16H26N4O3/c1-19-11-13(10-17-19)16(12-8-14(21)9-12)18-15(22)4-6-20-5-2-3-7-23-20/h10-12,14,16,21H,2-9H2,1H3,(H,18,22). The number of aryl methyl sites for hydroxylation is 1. The van der Waals surface area contributed by atoms with E-state index in [1.54, 1.807) is 10.9 Å². The van der Waals surface area contributed by atoms with Crippen molar-refractivity contribution in [3.63, 3.8) is 0 Å². The molecule has 7 heteroatoms. The summed E-state index contributed by atoms with van der Waals surface area (Å²) in [5.41, 5.74) is 1.01. The molecule has 1 atom stereocenters. The number of rotatable bonds is 6. The second-order valence-corrected chi connectivity index (χ2v) is 6.60. The summed E-state index contributed by atoms with van der Waals surface area (Å²) >= 11 is 0. The number of aromatic nitrogens is 2. The molecule has 0 spiro atoms. The summed E-state index contributed by atoms with van der Waals surface area (Å²) in [6.07, 6.45) is 7.59. The Bertz CT molecular complexity index is 521. The molecule has 1 saturated heterocycles. The van der Waals surface area contributed by atoms with Crippen LogP contribution in [0.4, 0.5) is 0 Å². The van der Waals surface area contributed by atoms with Gasteiger partial charge in [-0.3, -0.25) is 14.3 Å². The maximum Gasteiger partial charge on any atom is 0.221 e. The van der Waals surface area contributed by atoms with Crippen molar-refractivity contribution in [3.05, 3.63) is 18.0 Å². The van der Waals surface area contributed by atoms with Gasteiger partial charge in [-0.25, -0.2) is 0 Å². The lowest BCUT2D eigenvalue weighted by Gasteiger charge is -2.37. The molecule has 0 bridgehead atoms. The molecule has 1 amide bonds. The van der Waals surface area contributed by atoms with Crippen molar-refractivity contribution >= 4 is 5.91 Å². The summed E-state index contributed by atoms with van der Waals surface area (Å²) in [4.78, 5) is 17.8. The molecule has 3 rings (SSSR count). The first-order valence-corrected chi connectivity index (χ1v) is 8.45. The van der Waals surface area contributed by atoms with Crippen LogP contribution in [-0.4, -0.2) is 51.7 Å². The topological polar surface area (TPSA) is 79.6 Å². The summed E-state index contributed by atoms with van der Waals surface area (Å²) in [6.45, 7) is 2.27. The first kappa shape index (κ1) is 16.4. The molecule has 1 aromatic rings. The average molecular weight is 322 g/mol. The molecule has 7 nitrogen and oxygen atoms in total. The second-order valence-electron chi connectivity index (χ2n) is 6.60. The van der Waals surface area contributed by atoms with Crippen LogP contribution in [0, 0.1) is 5.92 Å². The lowest BCUT2D eigenvalue weighted by molar-refractivity contribution is -0.181. The van der Waals surface area contributed by atoms with Crippen LogP contribution in [0.3, 0.4) is 0 Å².